The maximum Gasteiger partial charge on any atom is 0.175 e. The van der Waals surface area contributed by atoms with E-state index in [2.05, 4.69) is 12.3 Å². The van der Waals surface area contributed by atoms with Crippen molar-refractivity contribution in [2.45, 2.75) is 38.0 Å². The summed E-state index contributed by atoms with van der Waals surface area (Å²) in [5.74, 6) is 4.72. The van der Waals surface area contributed by atoms with Gasteiger partial charge in [-0.15, -0.1) is 24.1 Å². The van der Waals surface area contributed by atoms with Crippen molar-refractivity contribution in [2.24, 2.45) is 0 Å². The average Bonchev–Trinajstić information content (AvgIpc) is 2.72. The first-order chi connectivity index (χ1) is 13.0. The number of carbonyl (C=O) groups is 1. The zero-order chi connectivity index (χ0) is 20.4. The Labute approximate surface area is 167 Å². The van der Waals surface area contributed by atoms with Crippen molar-refractivity contribution in [3.05, 3.63) is 53.6 Å². The largest absolute Gasteiger partial charge is 0.497 e. The van der Waals surface area contributed by atoms with E-state index in [1.54, 1.807) is 32.9 Å². The van der Waals surface area contributed by atoms with Gasteiger partial charge in [0.15, 0.2) is 5.78 Å². The van der Waals surface area contributed by atoms with Crippen LogP contribution in [0, 0.1) is 12.3 Å². The number of Topliss-reactive ketones (excluding diaryl/α,β-unsaturated/α-hetero) is 1. The number of thioether (sulfide) groups is 1. The van der Waals surface area contributed by atoms with Gasteiger partial charge in [-0.25, -0.2) is 0 Å². The Kier molecular flexibility index (Phi) is 8.97. The van der Waals surface area contributed by atoms with Crippen LogP contribution >= 0.6 is 11.8 Å². The lowest BCUT2D eigenvalue weighted by Crippen LogP contribution is -2.38. The van der Waals surface area contributed by atoms with Crippen LogP contribution in [0.15, 0.2) is 47.4 Å². The van der Waals surface area contributed by atoms with Crippen LogP contribution < -0.4 is 9.47 Å². The Morgan fingerprint density at radius 2 is 1.56 bits per heavy atom. The maximum atomic E-state index is 13.0. The van der Waals surface area contributed by atoms with E-state index in [0.717, 1.165) is 33.3 Å². The lowest BCUT2D eigenvalue weighted by Gasteiger charge is -2.33. The highest BCUT2D eigenvalue weighted by molar-refractivity contribution is 7.99. The highest BCUT2D eigenvalue weighted by Gasteiger charge is 2.40. The fourth-order valence-electron chi connectivity index (χ4n) is 2.69. The van der Waals surface area contributed by atoms with Crippen LogP contribution in [0.2, 0.25) is 0 Å². The Hall–Kier alpha value is -2.38. The molecule has 1 atom stereocenters. The minimum absolute atomic E-state index is 0.161. The van der Waals surface area contributed by atoms with Gasteiger partial charge in [-0.05, 0) is 49.7 Å². The topological polar surface area (TPSA) is 35.5 Å². The number of carbonyl (C=O) groups excluding carboxylic acids is 1. The number of fused-ring (bicyclic) bond motifs is 1. The van der Waals surface area contributed by atoms with Gasteiger partial charge < -0.3 is 9.47 Å². The monoisotopic (exact) mass is 384 g/mol. The lowest BCUT2D eigenvalue weighted by molar-refractivity contribution is 0.0905. The van der Waals surface area contributed by atoms with E-state index in [0.29, 0.717) is 0 Å². The van der Waals surface area contributed by atoms with Crippen molar-refractivity contribution >= 4 is 17.5 Å². The lowest BCUT2D eigenvalue weighted by atomic mass is 9.77. The molecular weight excluding hydrogens is 356 g/mol. The average molecular weight is 385 g/mol. The van der Waals surface area contributed by atoms with Crippen molar-refractivity contribution in [3.63, 3.8) is 0 Å². The zero-order valence-electron chi connectivity index (χ0n) is 17.0. The number of hydrogen-bond acceptors (Lipinski definition) is 4. The first-order valence-corrected chi connectivity index (χ1v) is 9.86. The van der Waals surface area contributed by atoms with Crippen LogP contribution in [0.1, 0.15) is 43.6 Å². The molecule has 0 aliphatic carbocycles. The van der Waals surface area contributed by atoms with E-state index in [1.165, 1.54) is 0 Å². The summed E-state index contributed by atoms with van der Waals surface area (Å²) >= 11 is 1.70. The second kappa shape index (κ2) is 10.7. The van der Waals surface area contributed by atoms with Gasteiger partial charge in [0.25, 0.3) is 0 Å². The molecular formula is C23H28O3S. The molecule has 4 heteroatoms. The smallest absolute Gasteiger partial charge is 0.175 e. The molecule has 0 N–H and O–H groups in total. The summed E-state index contributed by atoms with van der Waals surface area (Å²) < 4.78 is 10.4. The molecule has 1 aliphatic heterocycles. The Morgan fingerprint density at radius 3 is 2.07 bits per heavy atom. The van der Waals surface area contributed by atoms with E-state index < -0.39 is 5.41 Å². The van der Waals surface area contributed by atoms with Crippen LogP contribution in [0.3, 0.4) is 0 Å². The molecule has 144 valence electrons. The fourth-order valence-corrected chi connectivity index (χ4v) is 3.95. The van der Waals surface area contributed by atoms with Gasteiger partial charge in [-0.1, -0.05) is 26.0 Å². The summed E-state index contributed by atoms with van der Waals surface area (Å²) in [6.45, 7) is 7.66. The second-order valence-electron chi connectivity index (χ2n) is 5.83. The molecule has 0 saturated heterocycles. The highest BCUT2D eigenvalue weighted by Crippen LogP contribution is 2.43. The third-order valence-corrected chi connectivity index (χ3v) is 5.55. The van der Waals surface area contributed by atoms with Crippen LogP contribution in [-0.4, -0.2) is 25.8 Å². The van der Waals surface area contributed by atoms with E-state index >= 15 is 0 Å². The third kappa shape index (κ3) is 5.08. The molecule has 27 heavy (non-hydrogen) atoms. The molecule has 0 aromatic heterocycles. The van der Waals surface area contributed by atoms with E-state index in [1.807, 2.05) is 63.2 Å². The predicted octanol–water partition coefficient (Wildman–Crippen LogP) is 5.62. The number of benzene rings is 2. The number of hydrogen-bond donors (Lipinski definition) is 0. The van der Waals surface area contributed by atoms with Crippen LogP contribution in [-0.2, 0) is 5.41 Å². The fraction of sp³-hybridized carbons (Fsp3) is 0.348. The SMILES string of the molecule is C#CC.CC.COc1ccc(C2(C)CSc3cc(OC)ccc3C2=O)cc1. The van der Waals surface area contributed by atoms with Crippen molar-refractivity contribution in [1.29, 1.82) is 0 Å². The van der Waals surface area contributed by atoms with Crippen LogP contribution in [0.5, 0.6) is 11.5 Å². The summed E-state index contributed by atoms with van der Waals surface area (Å²) in [5, 5.41) is 0. The molecule has 0 saturated carbocycles. The number of methoxy groups -OCH3 is 2. The van der Waals surface area contributed by atoms with Crippen molar-refractivity contribution in [1.82, 2.24) is 0 Å². The van der Waals surface area contributed by atoms with E-state index in [-0.39, 0.29) is 5.78 Å². The minimum atomic E-state index is -0.515. The standard InChI is InChI=1S/C18H18O3S.C3H4.C2H6/c1-18(12-4-6-13(20-2)7-5-12)11-22-16-10-14(21-3)8-9-15(16)17(18)19;1-3-2;1-2/h4-10H,11H2,1-3H3;1H,2H3;1-2H3. The van der Waals surface area contributed by atoms with Gasteiger partial charge in [0.1, 0.15) is 11.5 Å². The van der Waals surface area contributed by atoms with Crippen molar-refractivity contribution in [2.75, 3.05) is 20.0 Å². The molecule has 1 heterocycles. The normalized spacial score (nSPS) is 17.1. The third-order valence-electron chi connectivity index (χ3n) is 4.18. The zero-order valence-corrected chi connectivity index (χ0v) is 17.8. The first-order valence-electron chi connectivity index (χ1n) is 8.87. The summed E-state index contributed by atoms with van der Waals surface area (Å²) in [7, 11) is 3.28. The molecule has 2 aromatic carbocycles. The maximum absolute atomic E-state index is 13.0. The number of ether oxygens (including phenoxy) is 2. The summed E-state index contributed by atoms with van der Waals surface area (Å²) in [6, 6.07) is 13.4. The molecule has 3 nitrogen and oxygen atoms in total. The number of ketones is 1. The van der Waals surface area contributed by atoms with Gasteiger partial charge in [-0.2, -0.15) is 0 Å². The molecule has 0 fully saturated rings. The number of terminal acetylenes is 1. The predicted molar refractivity (Wildman–Crippen MR) is 114 cm³/mol. The molecule has 3 rings (SSSR count). The number of rotatable bonds is 3. The van der Waals surface area contributed by atoms with Crippen molar-refractivity contribution < 1.29 is 14.3 Å². The summed E-state index contributed by atoms with van der Waals surface area (Å²) in [4.78, 5) is 14.0. The first kappa shape index (κ1) is 22.7. The van der Waals surface area contributed by atoms with Gasteiger partial charge in [0.2, 0.25) is 0 Å². The molecule has 1 aliphatic rings. The van der Waals surface area contributed by atoms with Gasteiger partial charge in [-0.3, -0.25) is 4.79 Å². The molecule has 2 aromatic rings. The molecule has 0 radical (unpaired) electrons. The molecule has 0 spiro atoms. The van der Waals surface area contributed by atoms with Crippen LogP contribution in [0.4, 0.5) is 0 Å². The molecule has 1 unspecified atom stereocenters. The Morgan fingerprint density at radius 1 is 1.04 bits per heavy atom. The highest BCUT2D eigenvalue weighted by atomic mass is 32.2. The van der Waals surface area contributed by atoms with Crippen molar-refractivity contribution in [3.8, 4) is 23.8 Å². The molecule has 0 bridgehead atoms. The summed E-state index contributed by atoms with van der Waals surface area (Å²) in [5.41, 5.74) is 1.28. The van der Waals surface area contributed by atoms with Gasteiger partial charge >= 0.3 is 0 Å². The van der Waals surface area contributed by atoms with E-state index in [4.69, 9.17) is 9.47 Å². The van der Waals surface area contributed by atoms with Crippen LogP contribution in [0.25, 0.3) is 0 Å². The van der Waals surface area contributed by atoms with Gasteiger partial charge in [0.05, 0.1) is 19.6 Å². The molecule has 0 amide bonds. The summed E-state index contributed by atoms with van der Waals surface area (Å²) in [6.07, 6.45) is 4.60. The second-order valence-corrected chi connectivity index (χ2v) is 6.85. The van der Waals surface area contributed by atoms with E-state index in [9.17, 15) is 4.79 Å². The minimum Gasteiger partial charge on any atom is -0.497 e. The van der Waals surface area contributed by atoms with Gasteiger partial charge in [0, 0.05) is 16.2 Å². The Bertz CT molecular complexity index is 790. The quantitative estimate of drug-likeness (QED) is 0.644. The Balaban J connectivity index is 0.000000665.